The Labute approximate surface area is 104 Å². The molecule has 0 unspecified atom stereocenters. The zero-order valence-corrected chi connectivity index (χ0v) is 11.0. The lowest BCUT2D eigenvalue weighted by atomic mass is 10.2. The third kappa shape index (κ3) is 3.19. The normalized spacial score (nSPS) is 15.5. The molecule has 2 heterocycles. The molecule has 1 aromatic heterocycles. The Hall–Kier alpha value is -1.09. The molecular formula is C14H23N3. The molecule has 0 aliphatic carbocycles. The highest BCUT2D eigenvalue weighted by atomic mass is 15.1. The highest BCUT2D eigenvalue weighted by molar-refractivity contribution is 5.54. The van der Waals surface area contributed by atoms with E-state index in [0.717, 1.165) is 18.8 Å². The van der Waals surface area contributed by atoms with E-state index < -0.39 is 0 Å². The Bertz CT molecular complexity index is 356. The minimum Gasteiger partial charge on any atom is -0.371 e. The van der Waals surface area contributed by atoms with Crippen LogP contribution < -0.4 is 10.2 Å². The Morgan fingerprint density at radius 2 is 2.12 bits per heavy atom. The van der Waals surface area contributed by atoms with Gasteiger partial charge in [-0.3, -0.25) is 4.98 Å². The van der Waals surface area contributed by atoms with Crippen molar-refractivity contribution >= 4 is 5.69 Å². The van der Waals surface area contributed by atoms with Crippen LogP contribution in [0.2, 0.25) is 0 Å². The third-order valence-electron chi connectivity index (χ3n) is 3.29. The molecule has 3 heteroatoms. The van der Waals surface area contributed by atoms with Crippen molar-refractivity contribution < 1.29 is 0 Å². The van der Waals surface area contributed by atoms with Gasteiger partial charge in [0, 0.05) is 42.8 Å². The van der Waals surface area contributed by atoms with Crippen LogP contribution in [0.15, 0.2) is 12.3 Å². The fourth-order valence-electron chi connectivity index (χ4n) is 2.36. The first-order chi connectivity index (χ1) is 8.31. The average molecular weight is 233 g/mol. The van der Waals surface area contributed by atoms with E-state index in [2.05, 4.69) is 35.1 Å². The maximum Gasteiger partial charge on any atom is 0.0445 e. The van der Waals surface area contributed by atoms with Crippen molar-refractivity contribution in [2.24, 2.45) is 0 Å². The van der Waals surface area contributed by atoms with Gasteiger partial charge < -0.3 is 10.2 Å². The predicted octanol–water partition coefficient (Wildman–Crippen LogP) is 2.49. The quantitative estimate of drug-likeness (QED) is 0.792. The molecule has 1 aliphatic heterocycles. The molecule has 17 heavy (non-hydrogen) atoms. The van der Waals surface area contributed by atoms with Gasteiger partial charge in [-0.2, -0.15) is 0 Å². The van der Waals surface area contributed by atoms with Crippen LogP contribution in [-0.4, -0.2) is 24.6 Å². The molecule has 94 valence electrons. The van der Waals surface area contributed by atoms with Gasteiger partial charge in [-0.25, -0.2) is 0 Å². The van der Waals surface area contributed by atoms with E-state index in [1.54, 1.807) is 0 Å². The maximum absolute atomic E-state index is 4.42. The second-order valence-corrected chi connectivity index (χ2v) is 4.83. The van der Waals surface area contributed by atoms with Gasteiger partial charge in [-0.15, -0.1) is 0 Å². The van der Waals surface area contributed by atoms with E-state index in [0.29, 0.717) is 0 Å². The smallest absolute Gasteiger partial charge is 0.0445 e. The second-order valence-electron chi connectivity index (χ2n) is 4.83. The van der Waals surface area contributed by atoms with Gasteiger partial charge in [-0.1, -0.05) is 6.92 Å². The lowest BCUT2D eigenvalue weighted by Gasteiger charge is -2.21. The SMILES string of the molecule is CCCNCc1cnc(C)cc1N1CCCC1. The van der Waals surface area contributed by atoms with Crippen LogP contribution in [0.25, 0.3) is 0 Å². The summed E-state index contributed by atoms with van der Waals surface area (Å²) in [5.74, 6) is 0. The Morgan fingerprint density at radius 3 is 2.82 bits per heavy atom. The van der Waals surface area contributed by atoms with Crippen molar-refractivity contribution in [1.82, 2.24) is 10.3 Å². The monoisotopic (exact) mass is 233 g/mol. The molecule has 0 saturated carbocycles. The predicted molar refractivity (Wildman–Crippen MR) is 72.4 cm³/mol. The molecular weight excluding hydrogens is 210 g/mol. The van der Waals surface area contributed by atoms with Gasteiger partial charge in [0.15, 0.2) is 0 Å². The number of pyridine rings is 1. The Kier molecular flexibility index (Phi) is 4.37. The molecule has 0 radical (unpaired) electrons. The molecule has 1 fully saturated rings. The summed E-state index contributed by atoms with van der Waals surface area (Å²) < 4.78 is 0. The number of aryl methyl sites for hydroxylation is 1. The number of hydrogen-bond acceptors (Lipinski definition) is 3. The third-order valence-corrected chi connectivity index (χ3v) is 3.29. The number of hydrogen-bond donors (Lipinski definition) is 1. The van der Waals surface area contributed by atoms with Crippen LogP contribution in [0.1, 0.15) is 37.4 Å². The van der Waals surface area contributed by atoms with Crippen molar-refractivity contribution in [3.8, 4) is 0 Å². The highest BCUT2D eigenvalue weighted by Gasteiger charge is 2.15. The van der Waals surface area contributed by atoms with Crippen LogP contribution in [0, 0.1) is 6.92 Å². The zero-order valence-electron chi connectivity index (χ0n) is 11.0. The molecule has 0 bridgehead atoms. The van der Waals surface area contributed by atoms with Crippen LogP contribution in [0.3, 0.4) is 0 Å². The Balaban J connectivity index is 2.12. The number of nitrogens with one attached hydrogen (secondary N) is 1. The van der Waals surface area contributed by atoms with Crippen molar-refractivity contribution in [3.05, 3.63) is 23.5 Å². The van der Waals surface area contributed by atoms with Crippen LogP contribution in [0.5, 0.6) is 0 Å². The minimum absolute atomic E-state index is 0.937. The standard InChI is InChI=1S/C14H23N3/c1-3-6-15-10-13-11-16-12(2)9-14(13)17-7-4-5-8-17/h9,11,15H,3-8,10H2,1-2H3. The van der Waals surface area contributed by atoms with E-state index in [9.17, 15) is 0 Å². The van der Waals surface area contributed by atoms with E-state index in [1.165, 1.54) is 43.6 Å². The lowest BCUT2D eigenvalue weighted by Crippen LogP contribution is -2.22. The van der Waals surface area contributed by atoms with E-state index in [-0.39, 0.29) is 0 Å². The van der Waals surface area contributed by atoms with Crippen LogP contribution in [-0.2, 0) is 6.54 Å². The van der Waals surface area contributed by atoms with Crippen LogP contribution >= 0.6 is 0 Å². The summed E-state index contributed by atoms with van der Waals surface area (Å²) >= 11 is 0. The number of anilines is 1. The van der Waals surface area contributed by atoms with E-state index in [1.807, 2.05) is 6.20 Å². The molecule has 1 aliphatic rings. The second kappa shape index (κ2) is 6.01. The van der Waals surface area contributed by atoms with Crippen molar-refractivity contribution in [2.75, 3.05) is 24.5 Å². The molecule has 1 aromatic rings. The molecule has 2 rings (SSSR count). The van der Waals surface area contributed by atoms with Crippen LogP contribution in [0.4, 0.5) is 5.69 Å². The molecule has 1 saturated heterocycles. The van der Waals surface area contributed by atoms with Gasteiger partial charge in [0.25, 0.3) is 0 Å². The molecule has 0 atom stereocenters. The van der Waals surface area contributed by atoms with E-state index in [4.69, 9.17) is 0 Å². The molecule has 0 aromatic carbocycles. The first kappa shape index (κ1) is 12.4. The largest absolute Gasteiger partial charge is 0.371 e. The Morgan fingerprint density at radius 1 is 1.35 bits per heavy atom. The number of aromatic nitrogens is 1. The molecule has 0 amide bonds. The van der Waals surface area contributed by atoms with Gasteiger partial charge >= 0.3 is 0 Å². The molecule has 0 spiro atoms. The first-order valence-electron chi connectivity index (χ1n) is 6.72. The van der Waals surface area contributed by atoms with Crippen molar-refractivity contribution in [1.29, 1.82) is 0 Å². The summed E-state index contributed by atoms with van der Waals surface area (Å²) in [6, 6.07) is 2.23. The maximum atomic E-state index is 4.42. The summed E-state index contributed by atoms with van der Waals surface area (Å²) in [7, 11) is 0. The summed E-state index contributed by atoms with van der Waals surface area (Å²) in [6.07, 6.45) is 5.86. The summed E-state index contributed by atoms with van der Waals surface area (Å²) in [5, 5.41) is 3.47. The van der Waals surface area contributed by atoms with Crippen molar-refractivity contribution in [3.63, 3.8) is 0 Å². The summed E-state index contributed by atoms with van der Waals surface area (Å²) in [5.41, 5.74) is 3.84. The molecule has 1 N–H and O–H groups in total. The van der Waals surface area contributed by atoms with E-state index >= 15 is 0 Å². The summed E-state index contributed by atoms with van der Waals surface area (Å²) in [6.45, 7) is 8.68. The fourth-order valence-corrected chi connectivity index (χ4v) is 2.36. The number of rotatable bonds is 5. The lowest BCUT2D eigenvalue weighted by molar-refractivity contribution is 0.672. The minimum atomic E-state index is 0.937. The number of nitrogens with zero attached hydrogens (tertiary/aromatic N) is 2. The average Bonchev–Trinajstić information content (AvgIpc) is 2.85. The van der Waals surface area contributed by atoms with Gasteiger partial charge in [-0.05, 0) is 38.8 Å². The first-order valence-corrected chi connectivity index (χ1v) is 6.72. The van der Waals surface area contributed by atoms with Gasteiger partial charge in [0.05, 0.1) is 0 Å². The topological polar surface area (TPSA) is 28.2 Å². The molecule has 3 nitrogen and oxygen atoms in total. The highest BCUT2D eigenvalue weighted by Crippen LogP contribution is 2.24. The van der Waals surface area contributed by atoms with Crippen molar-refractivity contribution in [2.45, 2.75) is 39.7 Å². The van der Waals surface area contributed by atoms with Gasteiger partial charge in [0.1, 0.15) is 0 Å². The summed E-state index contributed by atoms with van der Waals surface area (Å²) in [4.78, 5) is 6.92. The van der Waals surface area contributed by atoms with Gasteiger partial charge in [0.2, 0.25) is 0 Å². The zero-order chi connectivity index (χ0) is 12.1. The fraction of sp³-hybridized carbons (Fsp3) is 0.643.